The van der Waals surface area contributed by atoms with Gasteiger partial charge in [-0.3, -0.25) is 20.2 Å². The summed E-state index contributed by atoms with van der Waals surface area (Å²) >= 11 is 3.71. The van der Waals surface area contributed by atoms with Gasteiger partial charge in [-0.25, -0.2) is 0 Å². The highest BCUT2D eigenvalue weighted by Crippen LogP contribution is 2.33. The van der Waals surface area contributed by atoms with E-state index in [4.69, 9.17) is 4.74 Å². The Labute approximate surface area is 166 Å². The molecule has 0 aliphatic rings. The average molecular weight is 571 g/mol. The number of nitrogens with zero attached hydrogens (tertiary/aromatic N) is 3. The molecule has 0 heterocycles. The Balaban J connectivity index is 2.46. The Morgan fingerprint density at radius 3 is 2.16 bits per heavy atom. The van der Waals surface area contributed by atoms with E-state index in [1.54, 1.807) is 0 Å². The summed E-state index contributed by atoms with van der Waals surface area (Å²) < 4.78 is 6.17. The van der Waals surface area contributed by atoms with Gasteiger partial charge < -0.3 is 15.1 Å². The Kier molecular flexibility index (Phi) is 5.93. The molecule has 0 atom stereocenters. The van der Waals surface area contributed by atoms with Crippen LogP contribution in [-0.2, 0) is 0 Å². The minimum Gasteiger partial charge on any atom is -0.506 e. The number of hydrogen-bond acceptors (Lipinski definition) is 8. The lowest BCUT2D eigenvalue weighted by Crippen LogP contribution is -2.12. The third-order valence-corrected chi connectivity index (χ3v) is 4.56. The Morgan fingerprint density at radius 1 is 1.08 bits per heavy atom. The summed E-state index contributed by atoms with van der Waals surface area (Å²) in [5.41, 5.74) is -0.879. The molecule has 0 aliphatic heterocycles. The summed E-state index contributed by atoms with van der Waals surface area (Å²) in [5.74, 6) is -0.669. The number of halogens is 2. The average Bonchev–Trinajstić information content (AvgIpc) is 2.56. The van der Waals surface area contributed by atoms with Gasteiger partial charge in [-0.1, -0.05) is 0 Å². The molecular formula is C13H7I2N3O7. The largest absolute Gasteiger partial charge is 0.506 e. The number of hydrogen-bond donors (Lipinski definition) is 2. The molecule has 2 N–H and O–H groups in total. The van der Waals surface area contributed by atoms with Crippen molar-refractivity contribution in [2.24, 2.45) is 5.16 Å². The van der Waals surface area contributed by atoms with E-state index >= 15 is 0 Å². The molecule has 0 saturated heterocycles. The second kappa shape index (κ2) is 7.77. The number of rotatable bonds is 4. The van der Waals surface area contributed by atoms with Crippen molar-refractivity contribution in [1.29, 1.82) is 0 Å². The van der Waals surface area contributed by atoms with E-state index in [9.17, 15) is 30.5 Å². The summed E-state index contributed by atoms with van der Waals surface area (Å²) in [6.45, 7) is 0. The first kappa shape index (κ1) is 19.1. The summed E-state index contributed by atoms with van der Waals surface area (Å²) in [4.78, 5) is 20.2. The van der Waals surface area contributed by atoms with E-state index in [-0.39, 0.29) is 23.0 Å². The van der Waals surface area contributed by atoms with Crippen molar-refractivity contribution in [2.75, 3.05) is 0 Å². The lowest BCUT2D eigenvalue weighted by molar-refractivity contribution is -0.394. The summed E-state index contributed by atoms with van der Waals surface area (Å²) in [6.07, 6.45) is 0. The van der Waals surface area contributed by atoms with Crippen LogP contribution in [0.5, 0.6) is 11.5 Å². The minimum absolute atomic E-state index is 0.0311. The summed E-state index contributed by atoms with van der Waals surface area (Å²) in [5, 5.41) is 43.8. The summed E-state index contributed by atoms with van der Waals surface area (Å²) in [7, 11) is 0. The Hall–Kier alpha value is -2.23. The number of ether oxygens (including phenoxy) is 1. The van der Waals surface area contributed by atoms with Crippen LogP contribution in [0.15, 0.2) is 35.5 Å². The number of oxime groups is 1. The van der Waals surface area contributed by atoms with Gasteiger partial charge in [0.2, 0.25) is 5.75 Å². The van der Waals surface area contributed by atoms with Crippen LogP contribution < -0.4 is 4.74 Å². The van der Waals surface area contributed by atoms with Crippen LogP contribution in [0.2, 0.25) is 0 Å². The molecule has 0 unspecified atom stereocenters. The zero-order valence-electron chi connectivity index (χ0n) is 11.9. The van der Waals surface area contributed by atoms with Gasteiger partial charge in [-0.05, 0) is 68.5 Å². The minimum atomic E-state index is -0.846. The van der Waals surface area contributed by atoms with E-state index in [2.05, 4.69) is 5.16 Å². The first-order valence-electron chi connectivity index (χ1n) is 6.25. The quantitative estimate of drug-likeness (QED) is 0.142. The van der Waals surface area contributed by atoms with Crippen molar-refractivity contribution in [3.8, 4) is 11.5 Å². The lowest BCUT2D eigenvalue weighted by Gasteiger charge is -2.10. The number of aromatic hydroxyl groups is 1. The van der Waals surface area contributed by atoms with E-state index in [0.717, 1.165) is 18.2 Å². The smallest absolute Gasteiger partial charge is 0.318 e. The van der Waals surface area contributed by atoms with Gasteiger partial charge >= 0.3 is 5.69 Å². The normalized spacial score (nSPS) is 11.2. The van der Waals surface area contributed by atoms with Crippen molar-refractivity contribution in [3.63, 3.8) is 0 Å². The van der Waals surface area contributed by atoms with Crippen LogP contribution in [0.1, 0.15) is 5.56 Å². The number of nitro groups is 2. The molecule has 25 heavy (non-hydrogen) atoms. The molecule has 0 aliphatic carbocycles. The fourth-order valence-corrected chi connectivity index (χ4v) is 3.55. The number of phenolic OH excluding ortho intramolecular Hbond substituents is 1. The molecule has 0 saturated carbocycles. The highest BCUT2D eigenvalue weighted by molar-refractivity contribution is 14.1. The predicted molar refractivity (Wildman–Crippen MR) is 102 cm³/mol. The van der Waals surface area contributed by atoms with E-state index < -0.39 is 21.2 Å². The van der Waals surface area contributed by atoms with Crippen molar-refractivity contribution < 1.29 is 24.9 Å². The maximum atomic E-state index is 11.1. The van der Waals surface area contributed by atoms with Crippen molar-refractivity contribution in [2.45, 2.75) is 0 Å². The fourth-order valence-electron chi connectivity index (χ4n) is 1.78. The standard InChI is InChI=1S/C13H7I2N3O7/c14-8-3-6(4-9(15)12(8)19)13(16-20)25-11-2-1-7(17(21)22)5-10(11)18(23)24/h1-5,19-20H. The van der Waals surface area contributed by atoms with Gasteiger partial charge in [0.1, 0.15) is 5.75 Å². The highest BCUT2D eigenvalue weighted by Gasteiger charge is 2.23. The summed E-state index contributed by atoms with van der Waals surface area (Å²) in [6, 6.07) is 5.71. The van der Waals surface area contributed by atoms with Crippen molar-refractivity contribution in [1.82, 2.24) is 0 Å². The molecule has 12 heteroatoms. The maximum Gasteiger partial charge on any atom is 0.318 e. The first-order chi connectivity index (χ1) is 11.7. The molecule has 2 rings (SSSR count). The van der Waals surface area contributed by atoms with Gasteiger partial charge in [0.15, 0.2) is 0 Å². The van der Waals surface area contributed by atoms with Gasteiger partial charge in [-0.15, -0.1) is 0 Å². The third kappa shape index (κ3) is 4.25. The third-order valence-electron chi connectivity index (χ3n) is 2.91. The zero-order chi connectivity index (χ0) is 18.7. The van der Waals surface area contributed by atoms with Gasteiger partial charge in [-0.2, -0.15) is 0 Å². The van der Waals surface area contributed by atoms with E-state index in [0.29, 0.717) is 7.14 Å². The molecule has 0 amide bonds. The molecule has 130 valence electrons. The van der Waals surface area contributed by atoms with Gasteiger partial charge in [0.25, 0.3) is 11.6 Å². The molecule has 0 spiro atoms. The number of non-ortho nitro benzene ring substituents is 1. The molecule has 0 fully saturated rings. The van der Waals surface area contributed by atoms with E-state index in [1.807, 2.05) is 45.2 Å². The van der Waals surface area contributed by atoms with Crippen molar-refractivity contribution >= 4 is 62.5 Å². The number of phenols is 1. The zero-order valence-corrected chi connectivity index (χ0v) is 16.2. The monoisotopic (exact) mass is 571 g/mol. The molecule has 0 radical (unpaired) electrons. The lowest BCUT2D eigenvalue weighted by atomic mass is 10.2. The Morgan fingerprint density at radius 2 is 1.68 bits per heavy atom. The molecule has 2 aromatic carbocycles. The van der Waals surface area contributed by atoms with Gasteiger partial charge in [0, 0.05) is 11.6 Å². The number of benzene rings is 2. The predicted octanol–water partition coefficient (Wildman–Crippen LogP) is 3.63. The molecule has 0 bridgehead atoms. The Bertz CT molecular complexity index is 878. The van der Waals surface area contributed by atoms with Crippen LogP contribution >= 0.6 is 45.2 Å². The second-order valence-corrected chi connectivity index (χ2v) is 6.79. The van der Waals surface area contributed by atoms with Crippen LogP contribution in [0.3, 0.4) is 0 Å². The highest BCUT2D eigenvalue weighted by atomic mass is 127. The van der Waals surface area contributed by atoms with Crippen LogP contribution in [0, 0.1) is 27.4 Å². The fraction of sp³-hybridized carbons (Fsp3) is 0. The van der Waals surface area contributed by atoms with Gasteiger partial charge in [0.05, 0.1) is 23.1 Å². The topological polar surface area (TPSA) is 148 Å². The number of nitro benzene ring substituents is 2. The van der Waals surface area contributed by atoms with Crippen molar-refractivity contribution in [3.05, 3.63) is 63.3 Å². The van der Waals surface area contributed by atoms with E-state index in [1.165, 1.54) is 12.1 Å². The molecule has 2 aromatic rings. The van der Waals surface area contributed by atoms with Crippen LogP contribution in [-0.4, -0.2) is 26.1 Å². The molecule has 0 aromatic heterocycles. The first-order valence-corrected chi connectivity index (χ1v) is 8.41. The van der Waals surface area contributed by atoms with Crippen LogP contribution in [0.4, 0.5) is 11.4 Å². The SMILES string of the molecule is O=[N+]([O-])c1ccc(OC(=NO)c2cc(I)c(O)c(I)c2)c([N+](=O)[O-])c1. The second-order valence-electron chi connectivity index (χ2n) is 4.46. The van der Waals surface area contributed by atoms with Crippen LogP contribution in [0.25, 0.3) is 0 Å². The molecule has 10 nitrogen and oxygen atoms in total. The molecular weight excluding hydrogens is 564 g/mol. The maximum absolute atomic E-state index is 11.1.